The third kappa shape index (κ3) is 3.19. The third-order valence-corrected chi connectivity index (χ3v) is 4.15. The number of carbonyl (C=O) groups excluding carboxylic acids is 1. The molecule has 0 atom stereocenters. The Labute approximate surface area is 120 Å². The number of methoxy groups -OCH3 is 1. The number of amides is 1. The van der Waals surface area contributed by atoms with E-state index >= 15 is 0 Å². The summed E-state index contributed by atoms with van der Waals surface area (Å²) in [6.07, 6.45) is 2.43. The molecule has 0 bridgehead atoms. The molecule has 4 nitrogen and oxygen atoms in total. The van der Waals surface area contributed by atoms with Gasteiger partial charge in [-0.1, -0.05) is 31.2 Å². The van der Waals surface area contributed by atoms with Crippen molar-refractivity contribution in [2.24, 2.45) is 0 Å². The Kier molecular flexibility index (Phi) is 5.15. The van der Waals surface area contributed by atoms with Crippen LogP contribution in [-0.4, -0.2) is 31.7 Å². The summed E-state index contributed by atoms with van der Waals surface area (Å²) in [5, 5.41) is 6.30. The smallest absolute Gasteiger partial charge is 0.252 e. The van der Waals surface area contributed by atoms with Gasteiger partial charge in [-0.2, -0.15) is 0 Å². The van der Waals surface area contributed by atoms with E-state index in [2.05, 4.69) is 29.7 Å². The molecule has 1 fully saturated rings. The maximum Gasteiger partial charge on any atom is 0.252 e. The predicted molar refractivity (Wildman–Crippen MR) is 79.5 cm³/mol. The molecule has 0 radical (unpaired) electrons. The standard InChI is InChI=1S/C16H24N2O2/c1-3-13-6-4-5-7-14(13)12-18-15(19)16(20-2)8-10-17-11-9-16/h4-7,17H,3,8-12H2,1-2H3,(H,18,19). The lowest BCUT2D eigenvalue weighted by Gasteiger charge is -2.34. The summed E-state index contributed by atoms with van der Waals surface area (Å²) < 4.78 is 5.53. The first-order valence-electron chi connectivity index (χ1n) is 7.33. The molecule has 1 aliphatic heterocycles. The van der Waals surface area contributed by atoms with E-state index in [-0.39, 0.29) is 5.91 Å². The number of piperidine rings is 1. The zero-order chi connectivity index (χ0) is 14.4. The van der Waals surface area contributed by atoms with Gasteiger partial charge >= 0.3 is 0 Å². The Bertz CT molecular complexity index is 454. The molecule has 20 heavy (non-hydrogen) atoms. The highest BCUT2D eigenvalue weighted by Gasteiger charge is 2.39. The van der Waals surface area contributed by atoms with Gasteiger partial charge in [0.1, 0.15) is 5.60 Å². The van der Waals surface area contributed by atoms with E-state index in [1.54, 1.807) is 7.11 Å². The number of benzene rings is 1. The maximum absolute atomic E-state index is 12.5. The normalized spacial score (nSPS) is 17.7. The van der Waals surface area contributed by atoms with Gasteiger partial charge in [-0.25, -0.2) is 0 Å². The molecular formula is C16H24N2O2. The van der Waals surface area contributed by atoms with Gasteiger partial charge in [-0.05, 0) is 43.5 Å². The first kappa shape index (κ1) is 15.0. The molecule has 1 aromatic carbocycles. The molecule has 110 valence electrons. The van der Waals surface area contributed by atoms with E-state index in [0.29, 0.717) is 6.54 Å². The molecule has 1 heterocycles. The molecule has 0 aliphatic carbocycles. The van der Waals surface area contributed by atoms with Gasteiger partial charge < -0.3 is 15.4 Å². The zero-order valence-electron chi connectivity index (χ0n) is 12.4. The molecule has 4 heteroatoms. The van der Waals surface area contributed by atoms with Crippen LogP contribution in [0, 0.1) is 0 Å². The second-order valence-corrected chi connectivity index (χ2v) is 5.25. The van der Waals surface area contributed by atoms with Crippen molar-refractivity contribution in [3.05, 3.63) is 35.4 Å². The van der Waals surface area contributed by atoms with Gasteiger partial charge in [0, 0.05) is 13.7 Å². The summed E-state index contributed by atoms with van der Waals surface area (Å²) in [5.41, 5.74) is 1.81. The van der Waals surface area contributed by atoms with Gasteiger partial charge in [0.2, 0.25) is 0 Å². The average Bonchev–Trinajstić information content (AvgIpc) is 2.53. The van der Waals surface area contributed by atoms with Crippen LogP contribution in [0.5, 0.6) is 0 Å². The lowest BCUT2D eigenvalue weighted by molar-refractivity contribution is -0.146. The number of aryl methyl sites for hydroxylation is 1. The Morgan fingerprint density at radius 3 is 2.55 bits per heavy atom. The summed E-state index contributed by atoms with van der Waals surface area (Å²) in [4.78, 5) is 12.5. The SMILES string of the molecule is CCc1ccccc1CNC(=O)C1(OC)CCNCC1. The van der Waals surface area contributed by atoms with Crippen LogP contribution in [0.1, 0.15) is 30.9 Å². The minimum Gasteiger partial charge on any atom is -0.368 e. The third-order valence-electron chi connectivity index (χ3n) is 4.15. The molecule has 1 amide bonds. The van der Waals surface area contributed by atoms with Crippen LogP contribution in [0.15, 0.2) is 24.3 Å². The Hall–Kier alpha value is -1.39. The van der Waals surface area contributed by atoms with E-state index in [9.17, 15) is 4.79 Å². The maximum atomic E-state index is 12.5. The van der Waals surface area contributed by atoms with E-state index in [0.717, 1.165) is 32.4 Å². The van der Waals surface area contributed by atoms with Gasteiger partial charge in [-0.3, -0.25) is 4.79 Å². The average molecular weight is 276 g/mol. The number of nitrogens with one attached hydrogen (secondary N) is 2. The van der Waals surface area contributed by atoms with Gasteiger partial charge in [0.25, 0.3) is 5.91 Å². The molecule has 0 saturated carbocycles. The summed E-state index contributed by atoms with van der Waals surface area (Å²) in [5.74, 6) is 0.00686. The minimum absolute atomic E-state index is 0.00686. The van der Waals surface area contributed by atoms with E-state index < -0.39 is 5.60 Å². The molecule has 2 N–H and O–H groups in total. The molecule has 2 rings (SSSR count). The lowest BCUT2D eigenvalue weighted by atomic mass is 9.91. The van der Waals surface area contributed by atoms with Crippen LogP contribution in [-0.2, 0) is 22.5 Å². The monoisotopic (exact) mass is 276 g/mol. The second-order valence-electron chi connectivity index (χ2n) is 5.25. The minimum atomic E-state index is -0.660. The largest absolute Gasteiger partial charge is 0.368 e. The molecule has 0 unspecified atom stereocenters. The first-order chi connectivity index (χ1) is 9.72. The first-order valence-corrected chi connectivity index (χ1v) is 7.33. The summed E-state index contributed by atoms with van der Waals surface area (Å²) in [6, 6.07) is 8.23. The highest BCUT2D eigenvalue weighted by Crippen LogP contribution is 2.22. The van der Waals surface area contributed by atoms with Crippen LogP contribution in [0.2, 0.25) is 0 Å². The molecule has 1 aliphatic rings. The van der Waals surface area contributed by atoms with Gasteiger partial charge in [0.15, 0.2) is 0 Å². The van der Waals surface area contributed by atoms with Crippen molar-refractivity contribution in [1.82, 2.24) is 10.6 Å². The lowest BCUT2D eigenvalue weighted by Crippen LogP contribution is -2.53. The topological polar surface area (TPSA) is 50.4 Å². The van der Waals surface area contributed by atoms with Crippen LogP contribution in [0.25, 0.3) is 0 Å². The Morgan fingerprint density at radius 1 is 1.30 bits per heavy atom. The molecule has 0 spiro atoms. The highest BCUT2D eigenvalue weighted by molar-refractivity contribution is 5.85. The second kappa shape index (κ2) is 6.86. The van der Waals surface area contributed by atoms with Crippen molar-refractivity contribution in [1.29, 1.82) is 0 Å². The van der Waals surface area contributed by atoms with Crippen molar-refractivity contribution < 1.29 is 9.53 Å². The summed E-state index contributed by atoms with van der Waals surface area (Å²) >= 11 is 0. The molecular weight excluding hydrogens is 252 g/mol. The molecule has 0 aromatic heterocycles. The van der Waals surface area contributed by atoms with E-state index in [1.807, 2.05) is 12.1 Å². The number of hydrogen-bond acceptors (Lipinski definition) is 3. The van der Waals surface area contributed by atoms with Crippen molar-refractivity contribution >= 4 is 5.91 Å². The highest BCUT2D eigenvalue weighted by atomic mass is 16.5. The summed E-state index contributed by atoms with van der Waals surface area (Å²) in [7, 11) is 1.63. The molecule has 1 aromatic rings. The van der Waals surface area contributed by atoms with E-state index in [1.165, 1.54) is 11.1 Å². The van der Waals surface area contributed by atoms with Gasteiger partial charge in [-0.15, -0.1) is 0 Å². The fraction of sp³-hybridized carbons (Fsp3) is 0.562. The summed E-state index contributed by atoms with van der Waals surface area (Å²) in [6.45, 7) is 4.35. The van der Waals surface area contributed by atoms with Crippen molar-refractivity contribution in [3.8, 4) is 0 Å². The fourth-order valence-electron chi connectivity index (χ4n) is 2.77. The quantitative estimate of drug-likeness (QED) is 0.859. The number of ether oxygens (including phenoxy) is 1. The number of rotatable bonds is 5. The number of carbonyl (C=O) groups is 1. The Morgan fingerprint density at radius 2 is 1.95 bits per heavy atom. The number of hydrogen-bond donors (Lipinski definition) is 2. The van der Waals surface area contributed by atoms with Crippen molar-refractivity contribution in [3.63, 3.8) is 0 Å². The fourth-order valence-corrected chi connectivity index (χ4v) is 2.77. The van der Waals surface area contributed by atoms with Crippen LogP contribution in [0.3, 0.4) is 0 Å². The van der Waals surface area contributed by atoms with Crippen LogP contribution < -0.4 is 10.6 Å². The zero-order valence-corrected chi connectivity index (χ0v) is 12.4. The van der Waals surface area contributed by atoms with Crippen molar-refractivity contribution in [2.45, 2.75) is 38.3 Å². The predicted octanol–water partition coefficient (Wildman–Crippen LogP) is 1.63. The Balaban J connectivity index is 2.00. The van der Waals surface area contributed by atoms with E-state index in [4.69, 9.17) is 4.74 Å². The van der Waals surface area contributed by atoms with Gasteiger partial charge in [0.05, 0.1) is 0 Å². The van der Waals surface area contributed by atoms with Crippen molar-refractivity contribution in [2.75, 3.05) is 20.2 Å². The van der Waals surface area contributed by atoms with Crippen LogP contribution in [0.4, 0.5) is 0 Å². The molecule has 1 saturated heterocycles. The van der Waals surface area contributed by atoms with Crippen LogP contribution >= 0.6 is 0 Å².